The van der Waals surface area contributed by atoms with Crippen LogP contribution in [-0.2, 0) is 9.47 Å². The molecular formula is C15H25N3O2. The third kappa shape index (κ3) is 2.34. The molecule has 0 aromatic heterocycles. The second-order valence-electron chi connectivity index (χ2n) is 6.29. The Morgan fingerprint density at radius 3 is 2.80 bits per heavy atom. The van der Waals surface area contributed by atoms with Crippen molar-refractivity contribution in [3.8, 4) is 0 Å². The molecule has 2 atom stereocenters. The van der Waals surface area contributed by atoms with Crippen LogP contribution in [0.15, 0.2) is 24.0 Å². The third-order valence-electron chi connectivity index (χ3n) is 4.85. The predicted molar refractivity (Wildman–Crippen MR) is 77.8 cm³/mol. The molecule has 0 radical (unpaired) electrons. The summed E-state index contributed by atoms with van der Waals surface area (Å²) in [5.41, 5.74) is 7.14. The molecule has 20 heavy (non-hydrogen) atoms. The number of rotatable bonds is 3. The zero-order valence-electron chi connectivity index (χ0n) is 12.2. The highest BCUT2D eigenvalue weighted by molar-refractivity contribution is 5.31. The quantitative estimate of drug-likeness (QED) is 0.714. The summed E-state index contributed by atoms with van der Waals surface area (Å²) in [7, 11) is 0. The normalized spacial score (nSPS) is 38.4. The summed E-state index contributed by atoms with van der Waals surface area (Å²) < 4.78 is 11.0. The number of allylic oxidation sites excluding steroid dienone is 2. The van der Waals surface area contributed by atoms with E-state index in [9.17, 15) is 0 Å². The SMILES string of the molecule is CC1(C2(N)NC=CC=C2NC2CCOCC2)CCOC1. The molecule has 3 aliphatic heterocycles. The minimum Gasteiger partial charge on any atom is -0.382 e. The highest BCUT2D eigenvalue weighted by Crippen LogP contribution is 2.40. The fourth-order valence-electron chi connectivity index (χ4n) is 3.23. The largest absolute Gasteiger partial charge is 0.382 e. The first-order chi connectivity index (χ1) is 9.64. The van der Waals surface area contributed by atoms with Gasteiger partial charge in [-0.1, -0.05) is 6.92 Å². The average molecular weight is 279 g/mol. The van der Waals surface area contributed by atoms with Crippen molar-refractivity contribution < 1.29 is 9.47 Å². The summed E-state index contributed by atoms with van der Waals surface area (Å²) in [6.45, 7) is 5.33. The van der Waals surface area contributed by atoms with Gasteiger partial charge in [0.15, 0.2) is 0 Å². The van der Waals surface area contributed by atoms with E-state index in [1.165, 1.54) is 0 Å². The van der Waals surface area contributed by atoms with Crippen LogP contribution in [0, 0.1) is 5.41 Å². The van der Waals surface area contributed by atoms with Crippen molar-refractivity contribution in [1.82, 2.24) is 10.6 Å². The maximum Gasteiger partial charge on any atom is 0.134 e. The molecule has 112 valence electrons. The number of ether oxygens (including phenoxy) is 2. The van der Waals surface area contributed by atoms with Crippen LogP contribution in [0.4, 0.5) is 0 Å². The lowest BCUT2D eigenvalue weighted by Crippen LogP contribution is -2.67. The molecule has 0 saturated carbocycles. The first-order valence-electron chi connectivity index (χ1n) is 7.50. The van der Waals surface area contributed by atoms with E-state index >= 15 is 0 Å². The fraction of sp³-hybridized carbons (Fsp3) is 0.733. The average Bonchev–Trinajstić information content (AvgIpc) is 2.91. The molecule has 3 aliphatic rings. The molecule has 5 heteroatoms. The van der Waals surface area contributed by atoms with Crippen LogP contribution in [0.25, 0.3) is 0 Å². The van der Waals surface area contributed by atoms with Crippen molar-refractivity contribution in [1.29, 1.82) is 0 Å². The lowest BCUT2D eigenvalue weighted by Gasteiger charge is -2.47. The molecule has 0 amide bonds. The van der Waals surface area contributed by atoms with Crippen LogP contribution < -0.4 is 16.4 Å². The highest BCUT2D eigenvalue weighted by atomic mass is 16.5. The summed E-state index contributed by atoms with van der Waals surface area (Å²) in [4.78, 5) is 0. The van der Waals surface area contributed by atoms with Gasteiger partial charge in [-0.05, 0) is 37.6 Å². The Morgan fingerprint density at radius 2 is 2.10 bits per heavy atom. The van der Waals surface area contributed by atoms with Gasteiger partial charge < -0.3 is 25.8 Å². The molecule has 5 nitrogen and oxygen atoms in total. The molecule has 2 saturated heterocycles. The maximum absolute atomic E-state index is 6.76. The van der Waals surface area contributed by atoms with Gasteiger partial charge in [0, 0.05) is 31.3 Å². The van der Waals surface area contributed by atoms with Crippen LogP contribution in [0.3, 0.4) is 0 Å². The summed E-state index contributed by atoms with van der Waals surface area (Å²) >= 11 is 0. The lowest BCUT2D eigenvalue weighted by atomic mass is 9.73. The predicted octanol–water partition coefficient (Wildman–Crippen LogP) is 0.837. The Labute approximate surface area is 120 Å². The van der Waals surface area contributed by atoms with Gasteiger partial charge in [-0.2, -0.15) is 0 Å². The van der Waals surface area contributed by atoms with Gasteiger partial charge in [-0.25, -0.2) is 0 Å². The third-order valence-corrected chi connectivity index (χ3v) is 4.85. The molecule has 0 bridgehead atoms. The van der Waals surface area contributed by atoms with E-state index in [1.807, 2.05) is 12.3 Å². The molecule has 2 unspecified atom stereocenters. The Bertz CT molecular complexity index is 409. The zero-order chi connectivity index (χ0) is 14.1. The summed E-state index contributed by atoms with van der Waals surface area (Å²) in [5, 5.41) is 7.01. The maximum atomic E-state index is 6.76. The van der Waals surface area contributed by atoms with Gasteiger partial charge >= 0.3 is 0 Å². The van der Waals surface area contributed by atoms with E-state index in [0.717, 1.165) is 44.8 Å². The van der Waals surface area contributed by atoms with Crippen molar-refractivity contribution in [3.63, 3.8) is 0 Å². The van der Waals surface area contributed by atoms with E-state index in [1.54, 1.807) is 0 Å². The van der Waals surface area contributed by atoms with Crippen molar-refractivity contribution in [2.75, 3.05) is 26.4 Å². The summed E-state index contributed by atoms with van der Waals surface area (Å²) in [6, 6.07) is 0.442. The van der Waals surface area contributed by atoms with E-state index in [0.29, 0.717) is 12.6 Å². The van der Waals surface area contributed by atoms with Crippen LogP contribution in [0.2, 0.25) is 0 Å². The van der Waals surface area contributed by atoms with Crippen molar-refractivity contribution >= 4 is 0 Å². The molecule has 0 aromatic rings. The molecule has 0 aliphatic carbocycles. The molecule has 0 spiro atoms. The topological polar surface area (TPSA) is 68.5 Å². The Hall–Kier alpha value is -1.04. The van der Waals surface area contributed by atoms with Crippen molar-refractivity contribution in [2.24, 2.45) is 11.1 Å². The minimum absolute atomic E-state index is 0.0955. The molecule has 2 fully saturated rings. The van der Waals surface area contributed by atoms with Gasteiger partial charge in [0.25, 0.3) is 0 Å². The Morgan fingerprint density at radius 1 is 1.30 bits per heavy atom. The summed E-state index contributed by atoms with van der Waals surface area (Å²) in [5.74, 6) is 0. The van der Waals surface area contributed by atoms with Crippen LogP contribution >= 0.6 is 0 Å². The second kappa shape index (κ2) is 5.39. The number of dihydropyridines is 1. The highest BCUT2D eigenvalue weighted by Gasteiger charge is 2.50. The van der Waals surface area contributed by atoms with Gasteiger partial charge in [0.05, 0.1) is 12.3 Å². The van der Waals surface area contributed by atoms with E-state index in [-0.39, 0.29) is 5.41 Å². The van der Waals surface area contributed by atoms with E-state index in [4.69, 9.17) is 15.2 Å². The van der Waals surface area contributed by atoms with Crippen molar-refractivity contribution in [3.05, 3.63) is 24.0 Å². The van der Waals surface area contributed by atoms with Crippen LogP contribution in [0.1, 0.15) is 26.2 Å². The zero-order valence-corrected chi connectivity index (χ0v) is 12.2. The van der Waals surface area contributed by atoms with Gasteiger partial charge in [-0.3, -0.25) is 0 Å². The fourth-order valence-corrected chi connectivity index (χ4v) is 3.23. The van der Waals surface area contributed by atoms with Gasteiger partial charge in [0.1, 0.15) is 5.66 Å². The van der Waals surface area contributed by atoms with Gasteiger partial charge in [-0.15, -0.1) is 0 Å². The molecule has 4 N–H and O–H groups in total. The Balaban J connectivity index is 1.78. The van der Waals surface area contributed by atoms with Crippen LogP contribution in [0.5, 0.6) is 0 Å². The number of nitrogens with two attached hydrogens (primary N) is 1. The smallest absolute Gasteiger partial charge is 0.134 e. The minimum atomic E-state index is -0.587. The first kappa shape index (κ1) is 13.9. The molecule has 3 heterocycles. The first-order valence-corrected chi connectivity index (χ1v) is 7.50. The van der Waals surface area contributed by atoms with E-state index < -0.39 is 5.66 Å². The van der Waals surface area contributed by atoms with Crippen LogP contribution in [-0.4, -0.2) is 38.1 Å². The molecule has 3 rings (SSSR count). The molecule has 0 aromatic carbocycles. The summed E-state index contributed by atoms with van der Waals surface area (Å²) in [6.07, 6.45) is 9.06. The monoisotopic (exact) mass is 279 g/mol. The van der Waals surface area contributed by atoms with Gasteiger partial charge in [0.2, 0.25) is 0 Å². The second-order valence-corrected chi connectivity index (χ2v) is 6.29. The number of nitrogens with one attached hydrogen (secondary N) is 2. The standard InChI is InChI=1S/C15H25N3O2/c1-14(6-10-20-11-14)15(16)13(3-2-7-17-15)18-12-4-8-19-9-5-12/h2-3,7,12,17-18H,4-6,8-11,16H2,1H3. The van der Waals surface area contributed by atoms with E-state index in [2.05, 4.69) is 23.6 Å². The lowest BCUT2D eigenvalue weighted by molar-refractivity contribution is 0.0715. The molecular weight excluding hydrogens is 254 g/mol. The van der Waals surface area contributed by atoms with Crippen molar-refractivity contribution in [2.45, 2.75) is 37.9 Å². The Kier molecular flexibility index (Phi) is 3.75. The number of hydrogen-bond donors (Lipinski definition) is 3. The number of hydrogen-bond acceptors (Lipinski definition) is 5.